The Labute approximate surface area is 215 Å². The molecule has 2 atom stereocenters. The van der Waals surface area contributed by atoms with E-state index < -0.39 is 18.4 Å². The molecular weight excluding hydrogens is 457 g/mol. The molecule has 0 N–H and O–H groups in total. The Morgan fingerprint density at radius 1 is 1.19 bits per heavy atom. The van der Waals surface area contributed by atoms with Gasteiger partial charge in [0.15, 0.2) is 0 Å². The molecule has 1 aromatic heterocycles. The third-order valence-corrected chi connectivity index (χ3v) is 6.48. The molecular formula is C29H42FN3O3. The number of unbranched alkanes of at least 4 members (excludes halogenated alkanes) is 1. The number of alkyl halides is 1. The van der Waals surface area contributed by atoms with Gasteiger partial charge in [0, 0.05) is 31.9 Å². The molecule has 0 spiro atoms. The number of methoxy groups -OCH3 is 1. The van der Waals surface area contributed by atoms with Crippen LogP contribution in [0.4, 0.5) is 15.0 Å². The lowest BCUT2D eigenvalue weighted by Crippen LogP contribution is -2.45. The summed E-state index contributed by atoms with van der Waals surface area (Å²) in [7, 11) is 1.56. The molecule has 0 fully saturated rings. The maximum absolute atomic E-state index is 13.3. The number of ether oxygens (including phenoxy) is 2. The monoisotopic (exact) mass is 499 g/mol. The van der Waals surface area contributed by atoms with Gasteiger partial charge in [-0.3, -0.25) is 9.80 Å². The van der Waals surface area contributed by atoms with Gasteiger partial charge in [-0.1, -0.05) is 36.4 Å². The van der Waals surface area contributed by atoms with Crippen molar-refractivity contribution in [3.05, 3.63) is 59.3 Å². The van der Waals surface area contributed by atoms with Crippen molar-refractivity contribution in [2.75, 3.05) is 31.8 Å². The number of hydrogen-bond acceptors (Lipinski definition) is 5. The summed E-state index contributed by atoms with van der Waals surface area (Å²) in [5.41, 5.74) is 2.72. The minimum absolute atomic E-state index is 0.0471. The van der Waals surface area contributed by atoms with Crippen LogP contribution in [0.3, 0.4) is 0 Å². The highest BCUT2D eigenvalue weighted by Crippen LogP contribution is 2.31. The number of pyridine rings is 1. The van der Waals surface area contributed by atoms with Crippen LogP contribution in [0.15, 0.2) is 42.5 Å². The number of rotatable bonds is 11. The fourth-order valence-electron chi connectivity index (χ4n) is 4.53. The molecule has 0 saturated heterocycles. The highest BCUT2D eigenvalue weighted by atomic mass is 19.1. The van der Waals surface area contributed by atoms with Gasteiger partial charge in [0.25, 0.3) is 0 Å². The van der Waals surface area contributed by atoms with Gasteiger partial charge in [-0.2, -0.15) is 0 Å². The van der Waals surface area contributed by atoms with Crippen molar-refractivity contribution in [1.29, 1.82) is 0 Å². The van der Waals surface area contributed by atoms with Gasteiger partial charge >= 0.3 is 6.09 Å². The molecule has 198 valence electrons. The van der Waals surface area contributed by atoms with Gasteiger partial charge in [0.2, 0.25) is 0 Å². The summed E-state index contributed by atoms with van der Waals surface area (Å²) >= 11 is 0. The van der Waals surface area contributed by atoms with E-state index in [9.17, 15) is 9.18 Å². The van der Waals surface area contributed by atoms with Crippen LogP contribution in [0.1, 0.15) is 63.8 Å². The lowest BCUT2D eigenvalue weighted by atomic mass is 9.99. The third-order valence-electron chi connectivity index (χ3n) is 6.48. The van der Waals surface area contributed by atoms with E-state index in [1.54, 1.807) is 12.0 Å². The number of halogens is 1. The number of aromatic nitrogens is 1. The highest BCUT2D eigenvalue weighted by molar-refractivity contribution is 5.88. The van der Waals surface area contributed by atoms with Crippen molar-refractivity contribution >= 4 is 11.9 Å². The van der Waals surface area contributed by atoms with Crippen LogP contribution < -0.4 is 4.90 Å². The molecule has 1 unspecified atom stereocenters. The average Bonchev–Trinajstić information content (AvgIpc) is 2.84. The van der Waals surface area contributed by atoms with Crippen LogP contribution in [-0.2, 0) is 28.9 Å². The summed E-state index contributed by atoms with van der Waals surface area (Å²) < 4.78 is 24.3. The molecule has 2 aromatic rings. The second-order valence-electron chi connectivity index (χ2n) is 10.7. The molecule has 6 nitrogen and oxygen atoms in total. The van der Waals surface area contributed by atoms with Gasteiger partial charge in [0.1, 0.15) is 18.1 Å². The maximum atomic E-state index is 13.3. The lowest BCUT2D eigenvalue weighted by Gasteiger charge is -2.35. The van der Waals surface area contributed by atoms with E-state index in [0.717, 1.165) is 62.3 Å². The van der Waals surface area contributed by atoms with Crippen molar-refractivity contribution in [2.45, 2.75) is 84.1 Å². The number of carbonyl (C=O) groups is 1. The van der Waals surface area contributed by atoms with Crippen molar-refractivity contribution < 1.29 is 18.7 Å². The number of nitrogens with zero attached hydrogens (tertiary/aromatic N) is 3. The van der Waals surface area contributed by atoms with E-state index in [4.69, 9.17) is 14.5 Å². The number of benzene rings is 1. The second-order valence-corrected chi connectivity index (χ2v) is 10.7. The van der Waals surface area contributed by atoms with E-state index in [1.165, 1.54) is 5.56 Å². The van der Waals surface area contributed by atoms with Crippen LogP contribution in [0, 0.1) is 0 Å². The van der Waals surface area contributed by atoms with E-state index in [2.05, 4.69) is 29.2 Å². The van der Waals surface area contributed by atoms with Gasteiger partial charge in [-0.25, -0.2) is 14.2 Å². The van der Waals surface area contributed by atoms with Crippen LogP contribution in [0.25, 0.3) is 0 Å². The number of aryl methyl sites for hydroxylation is 2. The zero-order valence-corrected chi connectivity index (χ0v) is 22.5. The van der Waals surface area contributed by atoms with Crippen molar-refractivity contribution in [2.24, 2.45) is 0 Å². The van der Waals surface area contributed by atoms with Gasteiger partial charge < -0.3 is 9.47 Å². The molecule has 0 bridgehead atoms. The predicted molar refractivity (Wildman–Crippen MR) is 142 cm³/mol. The Bertz CT molecular complexity index is 960. The minimum Gasteiger partial charge on any atom is -0.443 e. The SMILES string of the molecule is CO[C@H](CF)CN(CCCCc1ccc2c(n1)N(C(=O)OC(C)(C)C)C(C)CC2)Cc1ccccc1. The first-order chi connectivity index (χ1) is 17.2. The molecule has 0 saturated carbocycles. The van der Waals surface area contributed by atoms with Crippen LogP contribution in [0.5, 0.6) is 0 Å². The van der Waals surface area contributed by atoms with Crippen molar-refractivity contribution in [3.63, 3.8) is 0 Å². The highest BCUT2D eigenvalue weighted by Gasteiger charge is 2.33. The lowest BCUT2D eigenvalue weighted by molar-refractivity contribution is 0.0431. The summed E-state index contributed by atoms with van der Waals surface area (Å²) in [6.45, 7) is 9.37. The van der Waals surface area contributed by atoms with Crippen molar-refractivity contribution in [3.8, 4) is 0 Å². The number of hydrogen-bond donors (Lipinski definition) is 0. The average molecular weight is 500 g/mol. The molecule has 1 amide bonds. The Balaban J connectivity index is 1.61. The van der Waals surface area contributed by atoms with E-state index in [0.29, 0.717) is 6.54 Å². The number of anilines is 1. The van der Waals surface area contributed by atoms with Crippen molar-refractivity contribution in [1.82, 2.24) is 9.88 Å². The second kappa shape index (κ2) is 13.2. The maximum Gasteiger partial charge on any atom is 0.416 e. The first-order valence-electron chi connectivity index (χ1n) is 13.1. The largest absolute Gasteiger partial charge is 0.443 e. The third kappa shape index (κ3) is 8.27. The first kappa shape index (κ1) is 28.1. The Morgan fingerprint density at radius 2 is 1.94 bits per heavy atom. The number of carbonyl (C=O) groups excluding carboxylic acids is 1. The molecule has 2 heterocycles. The van der Waals surface area contributed by atoms with Gasteiger partial charge in [0.05, 0.1) is 6.10 Å². The number of fused-ring (bicyclic) bond motifs is 1. The molecule has 1 aliphatic rings. The predicted octanol–water partition coefficient (Wildman–Crippen LogP) is 5.97. The normalized spacial score (nSPS) is 16.6. The van der Waals surface area contributed by atoms with Crippen LogP contribution >= 0.6 is 0 Å². The van der Waals surface area contributed by atoms with E-state index >= 15 is 0 Å². The van der Waals surface area contributed by atoms with E-state index in [1.807, 2.05) is 45.9 Å². The molecule has 0 radical (unpaired) electrons. The summed E-state index contributed by atoms with van der Waals surface area (Å²) in [5, 5.41) is 0. The Hall–Kier alpha value is -2.51. The molecule has 36 heavy (non-hydrogen) atoms. The quantitative estimate of drug-likeness (QED) is 0.357. The zero-order valence-electron chi connectivity index (χ0n) is 22.5. The summed E-state index contributed by atoms with van der Waals surface area (Å²) in [6, 6.07) is 14.5. The van der Waals surface area contributed by atoms with Crippen LogP contribution in [0.2, 0.25) is 0 Å². The molecule has 1 aromatic carbocycles. The standard InChI is InChI=1S/C29H42FN3O3/c1-22-14-15-24-16-17-25(31-27(24)33(22)28(34)36-29(2,3)4)13-9-10-18-32(21-26(19-30)35-5)20-23-11-7-6-8-12-23/h6-8,11-12,16-17,22,26H,9-10,13-15,18-21H2,1-5H3/t22?,26-/m1/s1. The van der Waals surface area contributed by atoms with Gasteiger partial charge in [-0.05, 0) is 83.5 Å². The van der Waals surface area contributed by atoms with Crippen LogP contribution in [-0.4, -0.2) is 60.6 Å². The smallest absolute Gasteiger partial charge is 0.416 e. The molecule has 3 rings (SSSR count). The van der Waals surface area contributed by atoms with Gasteiger partial charge in [-0.15, -0.1) is 0 Å². The summed E-state index contributed by atoms with van der Waals surface area (Å²) in [4.78, 5) is 21.8. The zero-order chi connectivity index (χ0) is 26.1. The first-order valence-corrected chi connectivity index (χ1v) is 13.1. The summed E-state index contributed by atoms with van der Waals surface area (Å²) in [5.74, 6) is 0.733. The topological polar surface area (TPSA) is 54.9 Å². The molecule has 0 aliphatic carbocycles. The Morgan fingerprint density at radius 3 is 2.61 bits per heavy atom. The Kier molecular flexibility index (Phi) is 10.3. The van der Waals surface area contributed by atoms with E-state index in [-0.39, 0.29) is 12.1 Å². The fraction of sp³-hybridized carbons (Fsp3) is 0.586. The number of amides is 1. The molecule has 7 heteroatoms. The minimum atomic E-state index is -0.554. The summed E-state index contributed by atoms with van der Waals surface area (Å²) in [6.07, 6.45) is 3.78. The fourth-order valence-corrected chi connectivity index (χ4v) is 4.53. The molecule has 1 aliphatic heterocycles.